The highest BCUT2D eigenvalue weighted by Gasteiger charge is 2.19. The van der Waals surface area contributed by atoms with Crippen LogP contribution in [0.5, 0.6) is 0 Å². The van der Waals surface area contributed by atoms with Gasteiger partial charge < -0.3 is 24.8 Å². The molecule has 10 nitrogen and oxygen atoms in total. The van der Waals surface area contributed by atoms with Gasteiger partial charge in [0, 0.05) is 13.6 Å². The van der Waals surface area contributed by atoms with Crippen molar-refractivity contribution in [1.29, 1.82) is 0 Å². The van der Waals surface area contributed by atoms with Gasteiger partial charge in [-0.25, -0.2) is 4.79 Å². The van der Waals surface area contributed by atoms with Crippen LogP contribution in [0.25, 0.3) is 11.2 Å². The van der Waals surface area contributed by atoms with Crippen molar-refractivity contribution in [3.8, 4) is 0 Å². The molecule has 0 aromatic carbocycles. The topological polar surface area (TPSA) is 134 Å². The number of aliphatic hydroxyl groups excluding tert-OH is 2. The number of nitrogens with one attached hydrogen (secondary N) is 2. The van der Waals surface area contributed by atoms with E-state index in [1.807, 2.05) is 0 Å². The Morgan fingerprint density at radius 1 is 1.44 bits per heavy atom. The number of ether oxygens (including phenoxy) is 1. The molecule has 25 heavy (non-hydrogen) atoms. The zero-order valence-corrected chi connectivity index (χ0v) is 14.2. The molecule has 0 spiro atoms. The molecule has 0 bridgehead atoms. The first-order valence-electron chi connectivity index (χ1n) is 7.83. The molecule has 0 saturated heterocycles. The standard InChI is InChI=1S/C15H23N5O5/c1-4-5-25-8-10(22)7-20-11-12(17-14(20)16-6-9(2)21)19(3)15(24)18-13(11)23/h4,9-10,21-22H,1,5-8H2,2-3H3,(H,16,17)(H,18,23,24)/t9-,10+/m0/s1. The maximum absolute atomic E-state index is 12.2. The van der Waals surface area contributed by atoms with Gasteiger partial charge in [0.1, 0.15) is 0 Å². The second kappa shape index (κ2) is 8.10. The smallest absolute Gasteiger partial charge is 0.329 e. The highest BCUT2D eigenvalue weighted by molar-refractivity contribution is 5.74. The van der Waals surface area contributed by atoms with Crippen LogP contribution < -0.4 is 16.6 Å². The minimum absolute atomic E-state index is 0.0249. The first-order chi connectivity index (χ1) is 11.8. The van der Waals surface area contributed by atoms with Crippen molar-refractivity contribution in [2.45, 2.75) is 25.7 Å². The van der Waals surface area contributed by atoms with Gasteiger partial charge in [-0.05, 0) is 6.92 Å². The van der Waals surface area contributed by atoms with Gasteiger partial charge in [0.2, 0.25) is 5.95 Å². The zero-order chi connectivity index (χ0) is 18.6. The molecule has 0 fully saturated rings. The van der Waals surface area contributed by atoms with E-state index in [4.69, 9.17) is 4.74 Å². The van der Waals surface area contributed by atoms with Crippen molar-refractivity contribution >= 4 is 17.1 Å². The molecule has 2 aromatic rings. The first-order valence-corrected chi connectivity index (χ1v) is 7.83. The summed E-state index contributed by atoms with van der Waals surface area (Å²) in [6.07, 6.45) is 0.0208. The number of anilines is 1. The molecule has 4 N–H and O–H groups in total. The van der Waals surface area contributed by atoms with Crippen LogP contribution in [0.2, 0.25) is 0 Å². The Morgan fingerprint density at radius 2 is 2.16 bits per heavy atom. The van der Waals surface area contributed by atoms with Gasteiger partial charge in [-0.15, -0.1) is 6.58 Å². The molecule has 2 aromatic heterocycles. The number of aromatic amines is 1. The van der Waals surface area contributed by atoms with Crippen molar-refractivity contribution < 1.29 is 14.9 Å². The van der Waals surface area contributed by atoms with Crippen LogP contribution in [-0.4, -0.2) is 61.3 Å². The molecule has 2 atom stereocenters. The number of hydrogen-bond acceptors (Lipinski definition) is 7. The van der Waals surface area contributed by atoms with Crippen LogP contribution in [0.3, 0.4) is 0 Å². The van der Waals surface area contributed by atoms with Crippen molar-refractivity contribution in [2.75, 3.05) is 25.1 Å². The third-order valence-corrected chi connectivity index (χ3v) is 3.50. The lowest BCUT2D eigenvalue weighted by molar-refractivity contribution is 0.0405. The summed E-state index contributed by atoms with van der Waals surface area (Å²) in [5, 5.41) is 22.5. The average molecular weight is 353 g/mol. The van der Waals surface area contributed by atoms with Crippen molar-refractivity contribution in [3.05, 3.63) is 33.5 Å². The van der Waals surface area contributed by atoms with Gasteiger partial charge in [0.05, 0.1) is 32.0 Å². The lowest BCUT2D eigenvalue weighted by Gasteiger charge is -2.15. The van der Waals surface area contributed by atoms with Crippen LogP contribution in [0.4, 0.5) is 5.95 Å². The number of aliphatic hydroxyl groups is 2. The first kappa shape index (κ1) is 18.9. The number of hydrogen-bond donors (Lipinski definition) is 4. The van der Waals surface area contributed by atoms with Gasteiger partial charge in [-0.1, -0.05) is 6.08 Å². The minimum atomic E-state index is -0.902. The molecule has 0 radical (unpaired) electrons. The third kappa shape index (κ3) is 4.35. The molecule has 0 aliphatic rings. The molecule has 0 amide bonds. The van der Waals surface area contributed by atoms with E-state index in [-0.39, 0.29) is 36.8 Å². The number of aryl methyl sites for hydroxylation is 1. The predicted octanol–water partition coefficient (Wildman–Crippen LogP) is -1.22. The summed E-state index contributed by atoms with van der Waals surface area (Å²) in [6, 6.07) is 0. The van der Waals surface area contributed by atoms with Gasteiger partial charge in [-0.3, -0.25) is 14.3 Å². The van der Waals surface area contributed by atoms with E-state index in [0.29, 0.717) is 6.61 Å². The Morgan fingerprint density at radius 3 is 2.80 bits per heavy atom. The van der Waals surface area contributed by atoms with Gasteiger partial charge >= 0.3 is 5.69 Å². The van der Waals surface area contributed by atoms with Crippen molar-refractivity contribution in [2.24, 2.45) is 7.05 Å². The Kier molecular flexibility index (Phi) is 6.12. The van der Waals surface area contributed by atoms with Crippen LogP contribution >= 0.6 is 0 Å². The largest absolute Gasteiger partial charge is 0.392 e. The van der Waals surface area contributed by atoms with Crippen LogP contribution in [0.15, 0.2) is 22.2 Å². The molecule has 0 aliphatic carbocycles. The molecule has 10 heteroatoms. The van der Waals surface area contributed by atoms with E-state index < -0.39 is 23.5 Å². The van der Waals surface area contributed by atoms with E-state index in [1.165, 1.54) is 16.2 Å². The maximum atomic E-state index is 12.2. The SMILES string of the molecule is C=CCOC[C@H](O)Cn1c(NC[C@H](C)O)nc2c1c(=O)[nH]c(=O)n2C. The normalized spacial score (nSPS) is 13.8. The molecular weight excluding hydrogens is 330 g/mol. The summed E-state index contributed by atoms with van der Waals surface area (Å²) in [6.45, 7) is 5.68. The quantitative estimate of drug-likeness (QED) is 0.328. The van der Waals surface area contributed by atoms with Crippen LogP contribution in [0.1, 0.15) is 6.92 Å². The fourth-order valence-electron chi connectivity index (χ4n) is 2.34. The fraction of sp³-hybridized carbons (Fsp3) is 0.533. The lowest BCUT2D eigenvalue weighted by atomic mass is 10.3. The third-order valence-electron chi connectivity index (χ3n) is 3.50. The summed E-state index contributed by atoms with van der Waals surface area (Å²) in [4.78, 5) is 30.5. The Bertz CT molecular complexity index is 850. The second-order valence-corrected chi connectivity index (χ2v) is 5.75. The molecule has 2 heterocycles. The lowest BCUT2D eigenvalue weighted by Crippen LogP contribution is -2.30. The second-order valence-electron chi connectivity index (χ2n) is 5.75. The molecule has 2 rings (SSSR count). The van der Waals surface area contributed by atoms with Gasteiger partial charge in [0.25, 0.3) is 5.56 Å². The Labute approximate surface area is 143 Å². The summed E-state index contributed by atoms with van der Waals surface area (Å²) >= 11 is 0. The summed E-state index contributed by atoms with van der Waals surface area (Å²) in [5.41, 5.74) is -0.854. The van der Waals surface area contributed by atoms with Crippen molar-refractivity contribution in [3.63, 3.8) is 0 Å². The summed E-state index contributed by atoms with van der Waals surface area (Å²) in [7, 11) is 1.49. The molecule has 0 unspecified atom stereocenters. The van der Waals surface area contributed by atoms with E-state index in [2.05, 4.69) is 21.9 Å². The monoisotopic (exact) mass is 353 g/mol. The molecular formula is C15H23N5O5. The number of imidazole rings is 1. The van der Waals surface area contributed by atoms with E-state index in [1.54, 1.807) is 13.0 Å². The van der Waals surface area contributed by atoms with Gasteiger partial charge in [0.15, 0.2) is 11.2 Å². The zero-order valence-electron chi connectivity index (χ0n) is 14.2. The maximum Gasteiger partial charge on any atom is 0.329 e. The Hall–Kier alpha value is -2.43. The number of nitrogens with zero attached hydrogens (tertiary/aromatic N) is 3. The fourth-order valence-corrected chi connectivity index (χ4v) is 2.34. The van der Waals surface area contributed by atoms with Crippen LogP contribution in [-0.2, 0) is 18.3 Å². The average Bonchev–Trinajstić information content (AvgIpc) is 2.90. The summed E-state index contributed by atoms with van der Waals surface area (Å²) < 4.78 is 7.89. The van der Waals surface area contributed by atoms with Gasteiger partial charge in [-0.2, -0.15) is 4.98 Å². The predicted molar refractivity (Wildman–Crippen MR) is 92.8 cm³/mol. The Balaban J connectivity index is 2.44. The molecule has 138 valence electrons. The highest BCUT2D eigenvalue weighted by atomic mass is 16.5. The number of fused-ring (bicyclic) bond motifs is 1. The molecule has 0 saturated carbocycles. The van der Waals surface area contributed by atoms with Crippen LogP contribution in [0, 0.1) is 0 Å². The molecule has 0 aliphatic heterocycles. The van der Waals surface area contributed by atoms with E-state index in [0.717, 1.165) is 0 Å². The highest BCUT2D eigenvalue weighted by Crippen LogP contribution is 2.16. The van der Waals surface area contributed by atoms with Crippen molar-refractivity contribution in [1.82, 2.24) is 19.1 Å². The number of H-pyrrole nitrogens is 1. The summed E-state index contributed by atoms with van der Waals surface area (Å²) in [5.74, 6) is 0.269. The van der Waals surface area contributed by atoms with E-state index in [9.17, 15) is 19.8 Å². The number of rotatable bonds is 9. The minimum Gasteiger partial charge on any atom is -0.392 e. The van der Waals surface area contributed by atoms with E-state index >= 15 is 0 Å². The number of aromatic nitrogens is 4.